The van der Waals surface area contributed by atoms with Gasteiger partial charge in [-0.05, 0) is 42.2 Å². The summed E-state index contributed by atoms with van der Waals surface area (Å²) in [7, 11) is 0. The first-order valence-electron chi connectivity index (χ1n) is 6.68. The molecule has 0 saturated carbocycles. The molecular formula is C14H20ClN5OS. The van der Waals surface area contributed by atoms with E-state index >= 15 is 0 Å². The number of nitrogens with zero attached hydrogens (tertiary/aromatic N) is 3. The molecule has 0 radical (unpaired) electrons. The summed E-state index contributed by atoms with van der Waals surface area (Å²) in [5.74, 6) is 1.48. The van der Waals surface area contributed by atoms with Crippen molar-refractivity contribution in [1.82, 2.24) is 20.1 Å². The number of aromatic nitrogens is 3. The zero-order chi connectivity index (χ0) is 15.1. The second-order valence-electron chi connectivity index (χ2n) is 4.58. The highest BCUT2D eigenvalue weighted by atomic mass is 35.5. The number of hydrogen-bond donors (Lipinski definition) is 2. The van der Waals surface area contributed by atoms with Crippen molar-refractivity contribution < 1.29 is 4.79 Å². The van der Waals surface area contributed by atoms with Crippen LogP contribution in [0, 0.1) is 0 Å². The Hall–Kier alpha value is -1.57. The van der Waals surface area contributed by atoms with Gasteiger partial charge in [0, 0.05) is 25.1 Å². The molecule has 0 aliphatic rings. The van der Waals surface area contributed by atoms with Gasteiger partial charge in [0.25, 0.3) is 0 Å². The summed E-state index contributed by atoms with van der Waals surface area (Å²) < 4.78 is 1.68. The third-order valence-electron chi connectivity index (χ3n) is 2.99. The maximum Gasteiger partial charge on any atom is 0.237 e. The summed E-state index contributed by atoms with van der Waals surface area (Å²) in [4.78, 5) is 16.1. The highest BCUT2D eigenvalue weighted by Crippen LogP contribution is 2.06. The topological polar surface area (TPSA) is 85.8 Å². The normalized spacial score (nSPS) is 11.5. The summed E-state index contributed by atoms with van der Waals surface area (Å²) in [6.45, 7) is 0.433. The fourth-order valence-electron chi connectivity index (χ4n) is 1.80. The van der Waals surface area contributed by atoms with Crippen molar-refractivity contribution in [3.63, 3.8) is 0 Å². The van der Waals surface area contributed by atoms with Crippen LogP contribution in [-0.2, 0) is 11.3 Å². The molecule has 0 fully saturated rings. The molecule has 22 heavy (non-hydrogen) atoms. The Morgan fingerprint density at radius 2 is 2.32 bits per heavy atom. The molecule has 0 bridgehead atoms. The average molecular weight is 342 g/mol. The molecule has 2 aromatic rings. The number of rotatable bonds is 7. The standard InChI is InChI=1S/C14H19N5OS.ClH/c1-21-8-4-12(15)14(20)17-10-11-3-6-16-13(9-11)19-7-2-5-18-19;/h2-3,5-7,9,12H,4,8,10,15H2,1H3,(H,17,20);1H/t12-;/m0./s1. The molecule has 3 N–H and O–H groups in total. The first-order chi connectivity index (χ1) is 10.2. The molecule has 6 nitrogen and oxygen atoms in total. The van der Waals surface area contributed by atoms with Crippen molar-refractivity contribution >= 4 is 30.1 Å². The molecular weight excluding hydrogens is 322 g/mol. The van der Waals surface area contributed by atoms with E-state index in [2.05, 4.69) is 15.4 Å². The van der Waals surface area contributed by atoms with Gasteiger partial charge in [-0.15, -0.1) is 12.4 Å². The van der Waals surface area contributed by atoms with E-state index in [-0.39, 0.29) is 18.3 Å². The lowest BCUT2D eigenvalue weighted by atomic mass is 10.2. The minimum absolute atomic E-state index is 0. The van der Waals surface area contributed by atoms with Gasteiger partial charge in [0.15, 0.2) is 5.82 Å². The maximum absolute atomic E-state index is 11.9. The third-order valence-corrected chi connectivity index (χ3v) is 3.63. The second kappa shape index (κ2) is 9.45. The molecule has 2 aromatic heterocycles. The highest BCUT2D eigenvalue weighted by Gasteiger charge is 2.12. The van der Waals surface area contributed by atoms with Crippen LogP contribution in [0.5, 0.6) is 0 Å². The Balaban J connectivity index is 0.00000242. The van der Waals surface area contributed by atoms with Crippen LogP contribution in [0.25, 0.3) is 5.82 Å². The predicted molar refractivity (Wildman–Crippen MR) is 91.4 cm³/mol. The van der Waals surface area contributed by atoms with Gasteiger partial charge in [-0.3, -0.25) is 4.79 Å². The van der Waals surface area contributed by atoms with Crippen LogP contribution in [0.15, 0.2) is 36.8 Å². The monoisotopic (exact) mass is 341 g/mol. The van der Waals surface area contributed by atoms with Crippen LogP contribution in [0.3, 0.4) is 0 Å². The molecule has 1 atom stereocenters. The van der Waals surface area contributed by atoms with Crippen LogP contribution in [0.2, 0.25) is 0 Å². The average Bonchev–Trinajstić information content (AvgIpc) is 3.05. The highest BCUT2D eigenvalue weighted by molar-refractivity contribution is 7.98. The van der Waals surface area contributed by atoms with Crippen LogP contribution in [0.4, 0.5) is 0 Å². The van der Waals surface area contributed by atoms with Gasteiger partial charge < -0.3 is 11.1 Å². The van der Waals surface area contributed by atoms with Crippen LogP contribution in [-0.4, -0.2) is 38.7 Å². The molecule has 0 unspecified atom stereocenters. The number of nitrogens with one attached hydrogen (secondary N) is 1. The Labute approximate surface area is 140 Å². The number of halogens is 1. The molecule has 1 amide bonds. The van der Waals surface area contributed by atoms with E-state index in [1.165, 1.54) is 0 Å². The van der Waals surface area contributed by atoms with Crippen LogP contribution in [0.1, 0.15) is 12.0 Å². The van der Waals surface area contributed by atoms with E-state index < -0.39 is 6.04 Å². The van der Waals surface area contributed by atoms with Gasteiger partial charge in [0.2, 0.25) is 5.91 Å². The van der Waals surface area contributed by atoms with Gasteiger partial charge >= 0.3 is 0 Å². The summed E-state index contributed by atoms with van der Waals surface area (Å²) in [5.41, 5.74) is 6.78. The van der Waals surface area contributed by atoms with E-state index in [0.29, 0.717) is 13.0 Å². The largest absolute Gasteiger partial charge is 0.351 e. The molecule has 0 saturated heterocycles. The van der Waals surface area contributed by atoms with Crippen molar-refractivity contribution in [2.24, 2.45) is 5.73 Å². The lowest BCUT2D eigenvalue weighted by Crippen LogP contribution is -2.40. The number of thioether (sulfide) groups is 1. The van der Waals surface area contributed by atoms with E-state index in [1.807, 2.05) is 30.7 Å². The van der Waals surface area contributed by atoms with Crippen LogP contribution >= 0.6 is 24.2 Å². The Kier molecular flexibility index (Phi) is 7.94. The van der Waals surface area contributed by atoms with Gasteiger partial charge in [-0.25, -0.2) is 9.67 Å². The maximum atomic E-state index is 11.9. The summed E-state index contributed by atoms with van der Waals surface area (Å²) in [6, 6.07) is 5.13. The number of hydrogen-bond acceptors (Lipinski definition) is 5. The predicted octanol–water partition coefficient (Wildman–Crippen LogP) is 1.39. The number of amides is 1. The van der Waals surface area contributed by atoms with Crippen molar-refractivity contribution in [2.75, 3.05) is 12.0 Å². The lowest BCUT2D eigenvalue weighted by Gasteiger charge is -2.12. The van der Waals surface area contributed by atoms with E-state index in [1.54, 1.807) is 28.8 Å². The third kappa shape index (κ3) is 5.32. The van der Waals surface area contributed by atoms with Crippen LogP contribution < -0.4 is 11.1 Å². The fourth-order valence-corrected chi connectivity index (χ4v) is 2.29. The molecule has 8 heteroatoms. The molecule has 0 aliphatic carbocycles. The lowest BCUT2D eigenvalue weighted by molar-refractivity contribution is -0.122. The van der Waals surface area contributed by atoms with Gasteiger partial charge in [0.1, 0.15) is 0 Å². The summed E-state index contributed by atoms with van der Waals surface area (Å²) in [5, 5.41) is 6.98. The zero-order valence-corrected chi connectivity index (χ0v) is 13.9. The number of pyridine rings is 1. The first-order valence-corrected chi connectivity index (χ1v) is 8.07. The second-order valence-corrected chi connectivity index (χ2v) is 5.56. The fraction of sp³-hybridized carbons (Fsp3) is 0.357. The summed E-state index contributed by atoms with van der Waals surface area (Å²) in [6.07, 6.45) is 7.90. The molecule has 0 aromatic carbocycles. The Morgan fingerprint density at radius 3 is 3.00 bits per heavy atom. The molecule has 2 heterocycles. The molecule has 2 rings (SSSR count). The van der Waals surface area contributed by atoms with Crippen molar-refractivity contribution in [1.29, 1.82) is 0 Å². The van der Waals surface area contributed by atoms with E-state index in [0.717, 1.165) is 17.1 Å². The smallest absolute Gasteiger partial charge is 0.237 e. The van der Waals surface area contributed by atoms with Crippen molar-refractivity contribution in [3.05, 3.63) is 42.4 Å². The molecule has 0 aliphatic heterocycles. The number of nitrogens with two attached hydrogens (primary N) is 1. The van der Waals surface area contributed by atoms with E-state index in [9.17, 15) is 4.79 Å². The van der Waals surface area contributed by atoms with Gasteiger partial charge in [-0.2, -0.15) is 16.9 Å². The minimum atomic E-state index is -0.454. The minimum Gasteiger partial charge on any atom is -0.351 e. The van der Waals surface area contributed by atoms with Crippen molar-refractivity contribution in [2.45, 2.75) is 19.0 Å². The quantitative estimate of drug-likeness (QED) is 0.794. The van der Waals surface area contributed by atoms with Gasteiger partial charge in [0.05, 0.1) is 6.04 Å². The molecule has 0 spiro atoms. The SMILES string of the molecule is CSCC[C@H](N)C(=O)NCc1ccnc(-n2cccn2)c1.Cl. The van der Waals surface area contributed by atoms with Gasteiger partial charge in [-0.1, -0.05) is 0 Å². The number of carbonyl (C=O) groups excluding carboxylic acids is 1. The first kappa shape index (κ1) is 18.5. The van der Waals surface area contributed by atoms with Crippen molar-refractivity contribution in [3.8, 4) is 5.82 Å². The Morgan fingerprint density at radius 1 is 1.50 bits per heavy atom. The zero-order valence-electron chi connectivity index (χ0n) is 12.3. The number of carbonyl (C=O) groups is 1. The Bertz CT molecular complexity index is 578. The molecule has 120 valence electrons. The summed E-state index contributed by atoms with van der Waals surface area (Å²) >= 11 is 1.68. The van der Waals surface area contributed by atoms with E-state index in [4.69, 9.17) is 5.73 Å².